The van der Waals surface area contributed by atoms with Gasteiger partial charge >= 0.3 is 5.97 Å². The van der Waals surface area contributed by atoms with Crippen LogP contribution in [0, 0.1) is 0 Å². The van der Waals surface area contributed by atoms with E-state index >= 15 is 0 Å². The number of ether oxygens (including phenoxy) is 2. The first-order valence-electron chi connectivity index (χ1n) is 19.3. The zero-order valence-electron chi connectivity index (χ0n) is 32.6. The smallest absolute Gasteiger partial charge is 0.345 e. The van der Waals surface area contributed by atoms with Crippen LogP contribution in [0.5, 0.6) is 17.2 Å². The van der Waals surface area contributed by atoms with Gasteiger partial charge in [-0.3, -0.25) is 14.4 Å². The van der Waals surface area contributed by atoms with Crippen molar-refractivity contribution in [1.29, 1.82) is 0 Å². The van der Waals surface area contributed by atoms with E-state index in [0.717, 1.165) is 11.1 Å². The zero-order valence-corrected chi connectivity index (χ0v) is 32.6. The second kappa shape index (κ2) is 17.9. The van der Waals surface area contributed by atoms with Crippen molar-refractivity contribution in [3.8, 4) is 17.2 Å². The molecule has 0 aliphatic heterocycles. The number of phenolic OH excluding ortho intramolecular Hbond substituents is 1. The topological polar surface area (TPSA) is 220 Å². The number of aliphatic hydroxyl groups is 2. The SMILES string of the molecule is COc1cc(C(=O)NC2CC(NC(=O)c3ccc(COc4cccc(C(O)(C(=O)O)c5ccccc5)c4)cc3)C2)ccc1CNCC(O)c1ccc(O)c2[nH]c(=O)ccc12. The van der Waals surface area contributed by atoms with Crippen LogP contribution in [0.2, 0.25) is 0 Å². The van der Waals surface area contributed by atoms with Gasteiger partial charge in [-0.05, 0) is 78.1 Å². The summed E-state index contributed by atoms with van der Waals surface area (Å²) in [5, 5.41) is 51.9. The van der Waals surface area contributed by atoms with Crippen molar-refractivity contribution in [2.75, 3.05) is 13.7 Å². The first-order chi connectivity index (χ1) is 28.9. The molecule has 6 aromatic rings. The lowest BCUT2D eigenvalue weighted by molar-refractivity contribution is -0.155. The van der Waals surface area contributed by atoms with Gasteiger partial charge in [0, 0.05) is 58.9 Å². The van der Waals surface area contributed by atoms with E-state index in [1.165, 1.54) is 31.4 Å². The van der Waals surface area contributed by atoms with Crippen LogP contribution in [0.4, 0.5) is 0 Å². The molecule has 5 aromatic carbocycles. The predicted molar refractivity (Wildman–Crippen MR) is 222 cm³/mol. The fourth-order valence-electron chi connectivity index (χ4n) is 7.25. The third-order valence-electron chi connectivity index (χ3n) is 10.7. The van der Waals surface area contributed by atoms with Crippen LogP contribution in [0.1, 0.15) is 67.5 Å². The molecule has 0 saturated heterocycles. The molecule has 14 nitrogen and oxygen atoms in total. The number of nitrogens with one attached hydrogen (secondary N) is 4. The van der Waals surface area contributed by atoms with E-state index in [-0.39, 0.29) is 65.0 Å². The summed E-state index contributed by atoms with van der Waals surface area (Å²) in [7, 11) is 1.51. The van der Waals surface area contributed by atoms with Gasteiger partial charge in [0.05, 0.1) is 18.7 Å². The average molecular weight is 813 g/mol. The minimum atomic E-state index is -2.25. The number of H-pyrrole nitrogens is 1. The van der Waals surface area contributed by atoms with Gasteiger partial charge in [0.15, 0.2) is 0 Å². The molecule has 60 heavy (non-hydrogen) atoms. The first-order valence-corrected chi connectivity index (χ1v) is 19.3. The summed E-state index contributed by atoms with van der Waals surface area (Å²) in [6.45, 7) is 0.649. The Hall–Kier alpha value is -7.00. The maximum atomic E-state index is 13.1. The first kappa shape index (κ1) is 41.2. The van der Waals surface area contributed by atoms with Crippen molar-refractivity contribution in [2.45, 2.75) is 49.8 Å². The summed E-state index contributed by atoms with van der Waals surface area (Å²) in [6.07, 6.45) is 0.198. The molecule has 1 aliphatic rings. The number of aromatic amines is 1. The second-order valence-corrected chi connectivity index (χ2v) is 14.7. The molecule has 0 spiro atoms. The van der Waals surface area contributed by atoms with E-state index in [1.807, 2.05) is 0 Å². The van der Waals surface area contributed by atoms with Crippen molar-refractivity contribution in [2.24, 2.45) is 0 Å². The normalized spacial score (nSPS) is 16.2. The van der Waals surface area contributed by atoms with Gasteiger partial charge in [-0.1, -0.05) is 66.7 Å². The minimum absolute atomic E-state index is 0.0870. The second-order valence-electron chi connectivity index (χ2n) is 14.7. The van der Waals surface area contributed by atoms with Crippen molar-refractivity contribution in [3.05, 3.63) is 171 Å². The Bertz CT molecular complexity index is 2570. The molecule has 2 unspecified atom stereocenters. The number of pyridine rings is 1. The van der Waals surface area contributed by atoms with Gasteiger partial charge in [-0.25, -0.2) is 4.79 Å². The highest BCUT2D eigenvalue weighted by Gasteiger charge is 2.40. The van der Waals surface area contributed by atoms with E-state index in [0.29, 0.717) is 53.0 Å². The standard InChI is InChI=1S/C46H44N4O10/c1-59-40-20-29(14-15-30(40)24-47-25-39(52)36-16-18-38(51)42-37(36)17-19-41(53)50-42)44(55)49-34-22-33(23-34)48-43(54)28-12-10-27(11-13-28)26-60-35-9-5-8-32(21-35)46(58,45(56)57)31-6-3-2-4-7-31/h2-21,33-34,39,47,51-52,58H,22-26H2,1H3,(H,48,54)(H,49,55)(H,50,53)(H,56,57). The zero-order chi connectivity index (χ0) is 42.4. The summed E-state index contributed by atoms with van der Waals surface area (Å²) >= 11 is 0. The fourth-order valence-corrected chi connectivity index (χ4v) is 7.25. The molecule has 2 atom stereocenters. The minimum Gasteiger partial charge on any atom is -0.506 e. The summed E-state index contributed by atoms with van der Waals surface area (Å²) in [5.74, 6) is -1.14. The number of benzene rings is 5. The number of phenols is 1. The van der Waals surface area contributed by atoms with Crippen LogP contribution in [-0.2, 0) is 23.5 Å². The third-order valence-corrected chi connectivity index (χ3v) is 10.7. The molecule has 8 N–H and O–H groups in total. The van der Waals surface area contributed by atoms with Crippen molar-refractivity contribution in [1.82, 2.24) is 20.9 Å². The molecule has 1 aromatic heterocycles. The number of methoxy groups -OCH3 is 1. The van der Waals surface area contributed by atoms with E-state index < -0.39 is 17.7 Å². The number of aliphatic carboxylic acids is 1. The van der Waals surface area contributed by atoms with Gasteiger partial charge < -0.3 is 50.8 Å². The van der Waals surface area contributed by atoms with Gasteiger partial charge in [0.2, 0.25) is 11.2 Å². The molecular weight excluding hydrogens is 769 g/mol. The maximum absolute atomic E-state index is 13.1. The fraction of sp³-hybridized carbons (Fsp3) is 0.217. The molecule has 1 aliphatic carbocycles. The van der Waals surface area contributed by atoms with E-state index in [1.54, 1.807) is 97.1 Å². The molecule has 7 rings (SSSR count). The molecule has 0 radical (unpaired) electrons. The van der Waals surface area contributed by atoms with E-state index in [4.69, 9.17) is 9.47 Å². The molecule has 1 saturated carbocycles. The summed E-state index contributed by atoms with van der Waals surface area (Å²) < 4.78 is 11.5. The number of amides is 2. The molecule has 1 fully saturated rings. The predicted octanol–water partition coefficient (Wildman–Crippen LogP) is 4.66. The van der Waals surface area contributed by atoms with Gasteiger partial charge in [-0.15, -0.1) is 0 Å². The number of aliphatic hydroxyl groups excluding tert-OH is 1. The molecule has 308 valence electrons. The van der Waals surface area contributed by atoms with E-state index in [2.05, 4.69) is 20.9 Å². The Morgan fingerprint density at radius 1 is 0.817 bits per heavy atom. The molecule has 14 heteroatoms. The van der Waals surface area contributed by atoms with Gasteiger partial charge in [0.25, 0.3) is 11.8 Å². The van der Waals surface area contributed by atoms with Crippen LogP contribution in [-0.4, -0.2) is 68.9 Å². The number of carboxylic acids is 1. The van der Waals surface area contributed by atoms with Gasteiger partial charge in [0.1, 0.15) is 23.9 Å². The average Bonchev–Trinajstić information content (AvgIpc) is 3.25. The summed E-state index contributed by atoms with van der Waals surface area (Å²) in [4.78, 5) is 52.6. The number of carbonyl (C=O) groups is 3. The van der Waals surface area contributed by atoms with Crippen LogP contribution >= 0.6 is 0 Å². The molecular formula is C46H44N4O10. The van der Waals surface area contributed by atoms with Crippen molar-refractivity contribution >= 4 is 28.7 Å². The monoisotopic (exact) mass is 812 g/mol. The van der Waals surface area contributed by atoms with Crippen LogP contribution < -0.4 is 31.0 Å². The summed E-state index contributed by atoms with van der Waals surface area (Å²) in [6, 6.07) is 32.2. The van der Waals surface area contributed by atoms with Crippen LogP contribution in [0.3, 0.4) is 0 Å². The number of carboxylic acid groups (broad SMARTS) is 1. The lowest BCUT2D eigenvalue weighted by Crippen LogP contribution is -2.53. The number of fused-ring (bicyclic) bond motifs is 1. The Kier molecular flexibility index (Phi) is 12.3. The lowest BCUT2D eigenvalue weighted by atomic mass is 9.86. The highest BCUT2D eigenvalue weighted by molar-refractivity contribution is 5.96. The Labute approximate surface area is 344 Å². The molecule has 0 bridgehead atoms. The number of rotatable bonds is 16. The third kappa shape index (κ3) is 9.00. The highest BCUT2D eigenvalue weighted by Crippen LogP contribution is 2.33. The van der Waals surface area contributed by atoms with Crippen molar-refractivity contribution < 1.29 is 44.3 Å². The maximum Gasteiger partial charge on any atom is 0.345 e. The Morgan fingerprint density at radius 3 is 2.20 bits per heavy atom. The van der Waals surface area contributed by atoms with E-state index in [9.17, 15) is 39.6 Å². The Balaban J connectivity index is 0.856. The number of hydrogen-bond acceptors (Lipinski definition) is 10. The number of aromatic hydroxyl groups is 1. The molecule has 1 heterocycles. The number of hydrogen-bond donors (Lipinski definition) is 8. The Morgan fingerprint density at radius 2 is 1.50 bits per heavy atom. The highest BCUT2D eigenvalue weighted by atomic mass is 16.5. The lowest BCUT2D eigenvalue weighted by Gasteiger charge is -2.36. The quantitative estimate of drug-likeness (QED) is 0.0672. The summed E-state index contributed by atoms with van der Waals surface area (Å²) in [5.41, 5.74) is 0.989. The van der Waals surface area contributed by atoms with Crippen LogP contribution in [0.15, 0.2) is 126 Å². The number of carbonyl (C=O) groups excluding carboxylic acids is 2. The largest absolute Gasteiger partial charge is 0.506 e. The number of aromatic nitrogens is 1. The molecule has 2 amide bonds. The van der Waals surface area contributed by atoms with Crippen LogP contribution in [0.25, 0.3) is 10.9 Å². The van der Waals surface area contributed by atoms with Crippen molar-refractivity contribution in [3.63, 3.8) is 0 Å². The van der Waals surface area contributed by atoms with Gasteiger partial charge in [-0.2, -0.15) is 0 Å².